The molecule has 0 saturated heterocycles. The number of hydrogen-bond acceptors (Lipinski definition) is 5. The van der Waals surface area contributed by atoms with E-state index in [1.54, 1.807) is 13.0 Å². The average Bonchev–Trinajstić information content (AvgIpc) is 2.52. The lowest BCUT2D eigenvalue weighted by atomic mass is 10.1. The van der Waals surface area contributed by atoms with Crippen LogP contribution in [0.2, 0.25) is 0 Å². The number of likely N-dealkylation sites (N-methyl/N-ethyl adjacent to an activating group) is 1. The molecule has 9 heteroatoms. The smallest absolute Gasteiger partial charge is 0.254 e. The normalized spacial score (nSPS) is 11.9. The summed E-state index contributed by atoms with van der Waals surface area (Å²) in [5.74, 6) is -0.716. The van der Waals surface area contributed by atoms with Crippen molar-refractivity contribution in [3.05, 3.63) is 29.3 Å². The Bertz CT molecular complexity index is 785. The fraction of sp³-hybridized carbons (Fsp3) is 0.556. The molecule has 0 spiro atoms. The molecule has 0 aliphatic carbocycles. The van der Waals surface area contributed by atoms with Gasteiger partial charge in [0.2, 0.25) is 15.9 Å². The van der Waals surface area contributed by atoms with Crippen molar-refractivity contribution in [1.29, 1.82) is 0 Å². The van der Waals surface area contributed by atoms with Crippen LogP contribution in [-0.2, 0) is 19.6 Å². The first-order chi connectivity index (χ1) is 12.4. The van der Waals surface area contributed by atoms with Gasteiger partial charge in [-0.1, -0.05) is 6.07 Å². The zero-order valence-electron chi connectivity index (χ0n) is 16.8. The number of aryl methyl sites for hydroxylation is 1. The van der Waals surface area contributed by atoms with Gasteiger partial charge in [0.05, 0.1) is 18.0 Å². The lowest BCUT2D eigenvalue weighted by molar-refractivity contribution is -0.122. The molecular weight excluding hydrogens is 370 g/mol. The van der Waals surface area contributed by atoms with Gasteiger partial charge in [-0.05, 0) is 45.4 Å². The zero-order valence-corrected chi connectivity index (χ0v) is 17.6. The van der Waals surface area contributed by atoms with Crippen molar-refractivity contribution < 1.29 is 22.7 Å². The number of carbonyl (C=O) groups excluding carboxylic acids is 2. The van der Waals surface area contributed by atoms with E-state index in [0.29, 0.717) is 5.56 Å². The van der Waals surface area contributed by atoms with Gasteiger partial charge in [-0.3, -0.25) is 9.59 Å². The maximum absolute atomic E-state index is 12.7. The van der Waals surface area contributed by atoms with E-state index in [0.717, 1.165) is 0 Å². The van der Waals surface area contributed by atoms with Crippen LogP contribution in [0.25, 0.3) is 0 Å². The summed E-state index contributed by atoms with van der Waals surface area (Å²) in [6.07, 6.45) is 0. The maximum Gasteiger partial charge on any atom is 0.254 e. The molecule has 27 heavy (non-hydrogen) atoms. The van der Waals surface area contributed by atoms with Gasteiger partial charge in [-0.2, -0.15) is 0 Å². The fourth-order valence-corrected chi connectivity index (χ4v) is 3.35. The third-order valence-corrected chi connectivity index (χ3v) is 5.05. The molecule has 0 bridgehead atoms. The molecule has 0 radical (unpaired) electrons. The lowest BCUT2D eigenvalue weighted by Gasteiger charge is -2.24. The molecule has 0 aliphatic heterocycles. The topological polar surface area (TPSA) is 105 Å². The van der Waals surface area contributed by atoms with Crippen LogP contribution >= 0.6 is 0 Å². The molecule has 1 rings (SSSR count). The van der Waals surface area contributed by atoms with E-state index >= 15 is 0 Å². The molecule has 0 aliphatic rings. The van der Waals surface area contributed by atoms with E-state index in [9.17, 15) is 18.0 Å². The van der Waals surface area contributed by atoms with Gasteiger partial charge in [-0.25, -0.2) is 13.1 Å². The van der Waals surface area contributed by atoms with Crippen LogP contribution in [0, 0.1) is 6.92 Å². The van der Waals surface area contributed by atoms with Gasteiger partial charge in [0, 0.05) is 31.8 Å². The number of sulfonamides is 1. The number of carbonyl (C=O) groups is 2. The predicted octanol–water partition coefficient (Wildman–Crippen LogP) is 0.906. The number of rotatable bonds is 8. The molecule has 152 valence electrons. The van der Waals surface area contributed by atoms with Gasteiger partial charge in [0.15, 0.2) is 0 Å². The maximum atomic E-state index is 12.7. The highest BCUT2D eigenvalue weighted by atomic mass is 32.2. The van der Waals surface area contributed by atoms with Crippen LogP contribution < -0.4 is 10.0 Å². The molecule has 0 saturated carbocycles. The Hall–Kier alpha value is -1.97. The number of ether oxygens (including phenoxy) is 1. The molecule has 2 N–H and O–H groups in total. The molecule has 8 nitrogen and oxygen atoms in total. The van der Waals surface area contributed by atoms with Crippen LogP contribution in [0.1, 0.15) is 36.7 Å². The first-order valence-corrected chi connectivity index (χ1v) is 10.0. The SMILES string of the molecule is COCCNS(=O)(=O)c1ccc(C)c(C(=O)N(C)CC(=O)NC(C)(C)C)c1. The van der Waals surface area contributed by atoms with Crippen molar-refractivity contribution in [1.82, 2.24) is 14.9 Å². The highest BCUT2D eigenvalue weighted by Crippen LogP contribution is 2.17. The minimum atomic E-state index is -3.76. The average molecular weight is 400 g/mol. The number of hydrogen-bond donors (Lipinski definition) is 2. The van der Waals surface area contributed by atoms with Crippen molar-refractivity contribution >= 4 is 21.8 Å². The highest BCUT2D eigenvalue weighted by molar-refractivity contribution is 7.89. The minimum Gasteiger partial charge on any atom is -0.383 e. The Labute approximate surface area is 161 Å². The number of amides is 2. The van der Waals surface area contributed by atoms with E-state index in [1.807, 2.05) is 20.8 Å². The van der Waals surface area contributed by atoms with Crippen LogP contribution in [-0.4, -0.2) is 64.5 Å². The van der Waals surface area contributed by atoms with Crippen LogP contribution in [0.3, 0.4) is 0 Å². The molecule has 0 aromatic heterocycles. The van der Waals surface area contributed by atoms with Crippen LogP contribution in [0.5, 0.6) is 0 Å². The Morgan fingerprint density at radius 3 is 2.41 bits per heavy atom. The quantitative estimate of drug-likeness (QED) is 0.632. The molecule has 0 heterocycles. The predicted molar refractivity (Wildman–Crippen MR) is 103 cm³/mol. The second kappa shape index (κ2) is 9.29. The Kier molecular flexibility index (Phi) is 7.94. The number of benzene rings is 1. The summed E-state index contributed by atoms with van der Waals surface area (Å²) in [5, 5.41) is 2.78. The molecular formula is C18H29N3O5S. The Morgan fingerprint density at radius 2 is 1.85 bits per heavy atom. The van der Waals surface area contributed by atoms with Gasteiger partial charge >= 0.3 is 0 Å². The van der Waals surface area contributed by atoms with E-state index in [-0.39, 0.29) is 36.1 Å². The second-order valence-corrected chi connectivity index (χ2v) is 9.09. The lowest BCUT2D eigenvalue weighted by Crippen LogP contribution is -2.46. The van der Waals surface area contributed by atoms with E-state index < -0.39 is 21.5 Å². The van der Waals surface area contributed by atoms with E-state index in [4.69, 9.17) is 4.74 Å². The van der Waals surface area contributed by atoms with Crippen LogP contribution in [0.4, 0.5) is 0 Å². The zero-order chi connectivity index (χ0) is 20.8. The van der Waals surface area contributed by atoms with Crippen molar-refractivity contribution in [2.45, 2.75) is 38.1 Å². The van der Waals surface area contributed by atoms with Crippen molar-refractivity contribution in [3.63, 3.8) is 0 Å². The van der Waals surface area contributed by atoms with Crippen LogP contribution in [0.15, 0.2) is 23.1 Å². The standard InChI is InChI=1S/C18H29N3O5S/c1-13-7-8-14(27(24,25)19-9-10-26-6)11-15(13)17(23)21(5)12-16(22)20-18(2,3)4/h7-8,11,19H,9-10,12H2,1-6H3,(H,20,22). The van der Waals surface area contributed by atoms with E-state index in [2.05, 4.69) is 10.0 Å². The van der Waals surface area contributed by atoms with Gasteiger partial charge < -0.3 is 15.0 Å². The number of nitrogens with zero attached hydrogens (tertiary/aromatic N) is 1. The first kappa shape index (κ1) is 23.1. The molecule has 1 aromatic rings. The van der Waals surface area contributed by atoms with Gasteiger partial charge in [0.1, 0.15) is 0 Å². The summed E-state index contributed by atoms with van der Waals surface area (Å²) in [6.45, 7) is 7.50. The summed E-state index contributed by atoms with van der Waals surface area (Å²) < 4.78 is 31.9. The Morgan fingerprint density at radius 1 is 1.22 bits per heavy atom. The van der Waals surface area contributed by atoms with E-state index in [1.165, 1.54) is 31.2 Å². The highest BCUT2D eigenvalue weighted by Gasteiger charge is 2.22. The monoisotopic (exact) mass is 399 g/mol. The van der Waals surface area contributed by atoms with Gasteiger partial charge in [-0.15, -0.1) is 0 Å². The third kappa shape index (κ3) is 7.28. The van der Waals surface area contributed by atoms with Crippen molar-refractivity contribution in [3.8, 4) is 0 Å². The summed E-state index contributed by atoms with van der Waals surface area (Å²) in [6, 6.07) is 4.33. The molecule has 0 unspecified atom stereocenters. The first-order valence-electron chi connectivity index (χ1n) is 8.53. The molecule has 0 fully saturated rings. The second-order valence-electron chi connectivity index (χ2n) is 7.33. The summed E-state index contributed by atoms with van der Waals surface area (Å²) in [7, 11) is -0.781. The number of methoxy groups -OCH3 is 1. The third-order valence-electron chi connectivity index (χ3n) is 3.59. The summed E-state index contributed by atoms with van der Waals surface area (Å²) in [5.41, 5.74) is 0.452. The fourth-order valence-electron chi connectivity index (χ4n) is 2.31. The molecule has 0 atom stereocenters. The van der Waals surface area contributed by atoms with Crippen molar-refractivity contribution in [2.75, 3.05) is 33.9 Å². The van der Waals surface area contributed by atoms with Gasteiger partial charge in [0.25, 0.3) is 5.91 Å². The molecule has 2 amide bonds. The summed E-state index contributed by atoms with van der Waals surface area (Å²) >= 11 is 0. The summed E-state index contributed by atoms with van der Waals surface area (Å²) in [4.78, 5) is 26.0. The Balaban J connectivity index is 2.98. The minimum absolute atomic E-state index is 0.0138. The number of nitrogens with one attached hydrogen (secondary N) is 2. The molecule has 1 aromatic carbocycles. The van der Waals surface area contributed by atoms with Crippen molar-refractivity contribution in [2.24, 2.45) is 0 Å². The largest absolute Gasteiger partial charge is 0.383 e.